The van der Waals surface area contributed by atoms with Gasteiger partial charge in [0.05, 0.1) is 12.3 Å². The number of benzene rings is 1. The van der Waals surface area contributed by atoms with Crippen molar-refractivity contribution in [2.45, 2.75) is 27.3 Å². The van der Waals surface area contributed by atoms with E-state index in [1.54, 1.807) is 7.11 Å². The molecule has 1 aromatic heterocycles. The summed E-state index contributed by atoms with van der Waals surface area (Å²) in [5.41, 5.74) is 4.63. The summed E-state index contributed by atoms with van der Waals surface area (Å²) in [6.45, 7) is 7.70. The third-order valence-electron chi connectivity index (χ3n) is 3.28. The predicted molar refractivity (Wildman–Crippen MR) is 78.0 cm³/mol. The smallest absolute Gasteiger partial charge is 0.207 e. The molecule has 102 valence electrons. The van der Waals surface area contributed by atoms with Crippen LogP contribution < -0.4 is 5.32 Å². The number of nitrogens with zero attached hydrogens (tertiary/aromatic N) is 2. The Bertz CT molecular complexity index is 561. The molecule has 0 aliphatic rings. The monoisotopic (exact) mass is 259 g/mol. The van der Waals surface area contributed by atoms with Crippen LogP contribution in [-0.4, -0.2) is 23.3 Å². The highest BCUT2D eigenvalue weighted by Crippen LogP contribution is 2.22. The van der Waals surface area contributed by atoms with Crippen molar-refractivity contribution >= 4 is 11.6 Å². The standard InChI is InChI=1S/C15H21N3O/c1-11-6-5-7-14(13(11)3)17-15-16-12(2)10-18(15)8-9-19-4/h5-7,10H,8-9H2,1-4H3,(H,16,17). The second-order valence-corrected chi connectivity index (χ2v) is 4.76. The van der Waals surface area contributed by atoms with Gasteiger partial charge < -0.3 is 14.6 Å². The fourth-order valence-electron chi connectivity index (χ4n) is 2.01. The molecule has 0 unspecified atom stereocenters. The topological polar surface area (TPSA) is 39.1 Å². The van der Waals surface area contributed by atoms with Crippen LogP contribution in [0.3, 0.4) is 0 Å². The fraction of sp³-hybridized carbons (Fsp3) is 0.400. The third kappa shape index (κ3) is 3.15. The molecular formula is C15H21N3O. The molecule has 0 bridgehead atoms. The Labute approximate surface area is 114 Å². The van der Waals surface area contributed by atoms with E-state index >= 15 is 0 Å². The summed E-state index contributed by atoms with van der Waals surface area (Å²) in [7, 11) is 1.71. The van der Waals surface area contributed by atoms with Crippen LogP contribution in [0.2, 0.25) is 0 Å². The van der Waals surface area contributed by atoms with Crippen molar-refractivity contribution in [2.24, 2.45) is 0 Å². The Morgan fingerprint density at radius 2 is 2.05 bits per heavy atom. The molecule has 0 aliphatic heterocycles. The van der Waals surface area contributed by atoms with Gasteiger partial charge in [-0.2, -0.15) is 0 Å². The van der Waals surface area contributed by atoms with Crippen LogP contribution >= 0.6 is 0 Å². The largest absolute Gasteiger partial charge is 0.383 e. The molecule has 0 saturated carbocycles. The van der Waals surface area contributed by atoms with E-state index in [0.717, 1.165) is 23.9 Å². The highest BCUT2D eigenvalue weighted by atomic mass is 16.5. The number of hydrogen-bond acceptors (Lipinski definition) is 3. The van der Waals surface area contributed by atoms with Crippen molar-refractivity contribution in [1.82, 2.24) is 9.55 Å². The average molecular weight is 259 g/mol. The highest BCUT2D eigenvalue weighted by molar-refractivity contribution is 5.60. The summed E-state index contributed by atoms with van der Waals surface area (Å²) < 4.78 is 7.21. The van der Waals surface area contributed by atoms with Crippen LogP contribution in [0.4, 0.5) is 11.6 Å². The van der Waals surface area contributed by atoms with Crippen molar-refractivity contribution in [3.63, 3.8) is 0 Å². The van der Waals surface area contributed by atoms with E-state index in [1.807, 2.05) is 13.1 Å². The number of aryl methyl sites for hydroxylation is 2. The predicted octanol–water partition coefficient (Wildman–Crippen LogP) is 3.20. The normalized spacial score (nSPS) is 10.7. The maximum Gasteiger partial charge on any atom is 0.207 e. The minimum Gasteiger partial charge on any atom is -0.383 e. The first-order chi connectivity index (χ1) is 9.11. The maximum absolute atomic E-state index is 5.13. The first-order valence-corrected chi connectivity index (χ1v) is 6.47. The number of ether oxygens (including phenoxy) is 1. The van der Waals surface area contributed by atoms with E-state index in [4.69, 9.17) is 4.74 Å². The molecule has 0 aliphatic carbocycles. The third-order valence-corrected chi connectivity index (χ3v) is 3.28. The van der Waals surface area contributed by atoms with Gasteiger partial charge in [0.1, 0.15) is 0 Å². The molecule has 0 atom stereocenters. The zero-order valence-electron chi connectivity index (χ0n) is 12.0. The van der Waals surface area contributed by atoms with Crippen molar-refractivity contribution in [2.75, 3.05) is 19.0 Å². The minimum atomic E-state index is 0.678. The number of imidazole rings is 1. The summed E-state index contributed by atoms with van der Waals surface area (Å²) in [4.78, 5) is 4.53. The Hall–Kier alpha value is -1.81. The van der Waals surface area contributed by atoms with Gasteiger partial charge in [0.15, 0.2) is 0 Å². The van der Waals surface area contributed by atoms with E-state index < -0.39 is 0 Å². The molecule has 19 heavy (non-hydrogen) atoms. The SMILES string of the molecule is COCCn1cc(C)nc1Nc1cccc(C)c1C. The lowest BCUT2D eigenvalue weighted by molar-refractivity contribution is 0.188. The van der Waals surface area contributed by atoms with Crippen molar-refractivity contribution in [1.29, 1.82) is 0 Å². The van der Waals surface area contributed by atoms with Crippen molar-refractivity contribution in [3.05, 3.63) is 41.2 Å². The molecule has 0 spiro atoms. The van der Waals surface area contributed by atoms with Gasteiger partial charge in [-0.15, -0.1) is 0 Å². The molecule has 2 rings (SSSR count). The number of nitrogens with one attached hydrogen (secondary N) is 1. The first kappa shape index (κ1) is 13.6. The number of methoxy groups -OCH3 is 1. The van der Waals surface area contributed by atoms with Crippen LogP contribution in [-0.2, 0) is 11.3 Å². The number of hydrogen-bond donors (Lipinski definition) is 1. The summed E-state index contributed by atoms with van der Waals surface area (Å²) in [5.74, 6) is 0.864. The van der Waals surface area contributed by atoms with Gasteiger partial charge in [-0.3, -0.25) is 0 Å². The molecular weight excluding hydrogens is 238 g/mol. The molecule has 1 heterocycles. The zero-order valence-corrected chi connectivity index (χ0v) is 12.0. The molecule has 2 aromatic rings. The fourth-order valence-corrected chi connectivity index (χ4v) is 2.01. The molecule has 0 fully saturated rings. The van der Waals surface area contributed by atoms with E-state index in [1.165, 1.54) is 11.1 Å². The summed E-state index contributed by atoms with van der Waals surface area (Å²) in [6, 6.07) is 6.25. The van der Waals surface area contributed by atoms with E-state index in [9.17, 15) is 0 Å². The Morgan fingerprint density at radius 1 is 1.26 bits per heavy atom. The lowest BCUT2D eigenvalue weighted by Gasteiger charge is -2.12. The Morgan fingerprint density at radius 3 is 2.79 bits per heavy atom. The van der Waals surface area contributed by atoms with Crippen molar-refractivity contribution < 1.29 is 4.74 Å². The van der Waals surface area contributed by atoms with Crippen LogP contribution in [0.1, 0.15) is 16.8 Å². The lowest BCUT2D eigenvalue weighted by atomic mass is 10.1. The number of aromatic nitrogens is 2. The van der Waals surface area contributed by atoms with Gasteiger partial charge in [-0.05, 0) is 38.0 Å². The molecule has 4 nitrogen and oxygen atoms in total. The summed E-state index contributed by atoms with van der Waals surface area (Å²) >= 11 is 0. The average Bonchev–Trinajstić information content (AvgIpc) is 2.73. The van der Waals surface area contributed by atoms with Gasteiger partial charge in [0.25, 0.3) is 0 Å². The Kier molecular flexibility index (Phi) is 4.22. The molecule has 4 heteroatoms. The van der Waals surface area contributed by atoms with E-state index in [0.29, 0.717) is 6.61 Å². The van der Waals surface area contributed by atoms with E-state index in [2.05, 4.69) is 46.9 Å². The molecule has 0 radical (unpaired) electrons. The van der Waals surface area contributed by atoms with Crippen LogP contribution in [0, 0.1) is 20.8 Å². The number of anilines is 2. The second kappa shape index (κ2) is 5.89. The zero-order chi connectivity index (χ0) is 13.8. The second-order valence-electron chi connectivity index (χ2n) is 4.76. The van der Waals surface area contributed by atoms with Gasteiger partial charge in [0, 0.05) is 25.5 Å². The van der Waals surface area contributed by atoms with Gasteiger partial charge in [-0.25, -0.2) is 4.98 Å². The molecule has 0 saturated heterocycles. The van der Waals surface area contributed by atoms with Crippen LogP contribution in [0.15, 0.2) is 24.4 Å². The summed E-state index contributed by atoms with van der Waals surface area (Å²) in [5, 5.41) is 3.41. The first-order valence-electron chi connectivity index (χ1n) is 6.47. The van der Waals surface area contributed by atoms with E-state index in [-0.39, 0.29) is 0 Å². The highest BCUT2D eigenvalue weighted by Gasteiger charge is 2.07. The lowest BCUT2D eigenvalue weighted by Crippen LogP contribution is -2.07. The van der Waals surface area contributed by atoms with Gasteiger partial charge >= 0.3 is 0 Å². The quantitative estimate of drug-likeness (QED) is 0.896. The van der Waals surface area contributed by atoms with Crippen LogP contribution in [0.5, 0.6) is 0 Å². The molecule has 0 amide bonds. The maximum atomic E-state index is 5.13. The summed E-state index contributed by atoms with van der Waals surface area (Å²) in [6.07, 6.45) is 2.03. The minimum absolute atomic E-state index is 0.678. The van der Waals surface area contributed by atoms with Gasteiger partial charge in [-0.1, -0.05) is 12.1 Å². The molecule has 1 aromatic carbocycles. The molecule has 1 N–H and O–H groups in total. The number of rotatable bonds is 5. The van der Waals surface area contributed by atoms with Crippen molar-refractivity contribution in [3.8, 4) is 0 Å². The van der Waals surface area contributed by atoms with Gasteiger partial charge in [0.2, 0.25) is 5.95 Å². The Balaban J connectivity index is 2.25. The van der Waals surface area contributed by atoms with Crippen LogP contribution in [0.25, 0.3) is 0 Å².